The van der Waals surface area contributed by atoms with Crippen LogP contribution < -0.4 is 5.73 Å². The van der Waals surface area contributed by atoms with Gasteiger partial charge in [-0.05, 0) is 19.8 Å². The first-order valence-electron chi connectivity index (χ1n) is 4.44. The Morgan fingerprint density at radius 3 is 2.27 bits per heavy atom. The van der Waals surface area contributed by atoms with Crippen LogP contribution in [0, 0.1) is 5.92 Å². The largest absolute Gasteiger partial charge is 0.374 e. The van der Waals surface area contributed by atoms with Crippen LogP contribution in [0.4, 0.5) is 0 Å². The molecule has 2 unspecified atom stereocenters. The van der Waals surface area contributed by atoms with Crippen LogP contribution >= 0.6 is 0 Å². The van der Waals surface area contributed by atoms with E-state index in [1.54, 1.807) is 0 Å². The number of ether oxygens (including phenoxy) is 1. The zero-order valence-corrected chi connectivity index (χ0v) is 8.18. The van der Waals surface area contributed by atoms with Crippen molar-refractivity contribution in [2.45, 2.75) is 39.7 Å². The van der Waals surface area contributed by atoms with Crippen LogP contribution in [-0.4, -0.2) is 18.8 Å². The van der Waals surface area contributed by atoms with Gasteiger partial charge in [0.25, 0.3) is 0 Å². The molecule has 0 bridgehead atoms. The Kier molecular flexibility index (Phi) is 4.69. The second-order valence-electron chi connectivity index (χ2n) is 3.26. The van der Waals surface area contributed by atoms with E-state index < -0.39 is 0 Å². The van der Waals surface area contributed by atoms with Crippen molar-refractivity contribution in [2.24, 2.45) is 11.7 Å². The van der Waals surface area contributed by atoms with E-state index in [1.165, 1.54) is 0 Å². The Morgan fingerprint density at radius 1 is 1.45 bits per heavy atom. The summed E-state index contributed by atoms with van der Waals surface area (Å²) in [5, 5.41) is 0. The molecule has 0 heterocycles. The molecule has 0 rings (SSSR count). The van der Waals surface area contributed by atoms with Crippen LogP contribution in [0.5, 0.6) is 0 Å². The van der Waals surface area contributed by atoms with Crippen molar-refractivity contribution in [2.75, 3.05) is 13.2 Å². The van der Waals surface area contributed by atoms with Crippen LogP contribution in [0.1, 0.15) is 34.1 Å². The Morgan fingerprint density at radius 2 is 2.00 bits per heavy atom. The minimum Gasteiger partial charge on any atom is -0.374 e. The van der Waals surface area contributed by atoms with Gasteiger partial charge in [-0.3, -0.25) is 0 Å². The summed E-state index contributed by atoms with van der Waals surface area (Å²) in [5.74, 6) is 0.535. The quantitative estimate of drug-likeness (QED) is 0.663. The molecule has 2 nitrogen and oxygen atoms in total. The molecular weight excluding hydrogens is 138 g/mol. The molecule has 2 heteroatoms. The maximum absolute atomic E-state index is 5.64. The maximum atomic E-state index is 5.64. The highest BCUT2D eigenvalue weighted by molar-refractivity contribution is 4.81. The summed E-state index contributed by atoms with van der Waals surface area (Å²) in [6, 6.07) is 0. The second kappa shape index (κ2) is 4.73. The van der Waals surface area contributed by atoms with Crippen LogP contribution in [0.3, 0.4) is 0 Å². The van der Waals surface area contributed by atoms with Gasteiger partial charge < -0.3 is 10.5 Å². The molecule has 0 radical (unpaired) electrons. The fourth-order valence-electron chi connectivity index (χ4n) is 1.16. The van der Waals surface area contributed by atoms with Crippen LogP contribution in [-0.2, 0) is 4.74 Å². The predicted octanol–water partition coefficient (Wildman–Crippen LogP) is 1.79. The van der Waals surface area contributed by atoms with Gasteiger partial charge in [0, 0.05) is 13.2 Å². The number of hydrogen-bond acceptors (Lipinski definition) is 2. The Labute approximate surface area is 70.1 Å². The second-order valence-corrected chi connectivity index (χ2v) is 3.26. The van der Waals surface area contributed by atoms with Crippen molar-refractivity contribution in [3.8, 4) is 0 Å². The topological polar surface area (TPSA) is 35.2 Å². The van der Waals surface area contributed by atoms with Crippen molar-refractivity contribution >= 4 is 0 Å². The Hall–Kier alpha value is -0.0800. The maximum Gasteiger partial charge on any atom is 0.0801 e. The third kappa shape index (κ3) is 2.80. The lowest BCUT2D eigenvalue weighted by atomic mass is 9.88. The van der Waals surface area contributed by atoms with Crippen molar-refractivity contribution in [1.82, 2.24) is 0 Å². The molecule has 0 fully saturated rings. The van der Waals surface area contributed by atoms with Gasteiger partial charge in [0.15, 0.2) is 0 Å². The van der Waals surface area contributed by atoms with Gasteiger partial charge in [-0.25, -0.2) is 0 Å². The lowest BCUT2D eigenvalue weighted by molar-refractivity contribution is -0.0572. The summed E-state index contributed by atoms with van der Waals surface area (Å²) in [7, 11) is 0. The molecule has 0 amide bonds. The number of hydrogen-bond donors (Lipinski definition) is 1. The van der Waals surface area contributed by atoms with E-state index in [4.69, 9.17) is 10.5 Å². The summed E-state index contributed by atoms with van der Waals surface area (Å²) in [6.45, 7) is 9.80. The fraction of sp³-hybridized carbons (Fsp3) is 1.00. The van der Waals surface area contributed by atoms with E-state index in [9.17, 15) is 0 Å². The highest BCUT2D eigenvalue weighted by atomic mass is 16.5. The van der Waals surface area contributed by atoms with Crippen molar-refractivity contribution in [3.63, 3.8) is 0 Å². The molecule has 0 saturated heterocycles. The molecule has 0 aliphatic rings. The smallest absolute Gasteiger partial charge is 0.0801 e. The Balaban J connectivity index is 4.07. The van der Waals surface area contributed by atoms with Gasteiger partial charge in [0.2, 0.25) is 0 Å². The van der Waals surface area contributed by atoms with Crippen molar-refractivity contribution < 1.29 is 4.74 Å². The fourth-order valence-corrected chi connectivity index (χ4v) is 1.16. The van der Waals surface area contributed by atoms with Gasteiger partial charge in [0.05, 0.1) is 5.60 Å². The summed E-state index contributed by atoms with van der Waals surface area (Å²) >= 11 is 0. The number of nitrogens with two attached hydrogens (primary N) is 1. The predicted molar refractivity (Wildman–Crippen MR) is 48.5 cm³/mol. The van der Waals surface area contributed by atoms with E-state index in [0.29, 0.717) is 12.5 Å². The molecule has 11 heavy (non-hydrogen) atoms. The van der Waals surface area contributed by atoms with Gasteiger partial charge in [0.1, 0.15) is 0 Å². The van der Waals surface area contributed by atoms with Crippen LogP contribution in [0.2, 0.25) is 0 Å². The zero-order chi connectivity index (χ0) is 8.91. The first kappa shape index (κ1) is 10.9. The molecule has 0 aromatic heterocycles. The van der Waals surface area contributed by atoms with Crippen LogP contribution in [0.25, 0.3) is 0 Å². The summed E-state index contributed by atoms with van der Waals surface area (Å²) in [4.78, 5) is 0. The van der Waals surface area contributed by atoms with E-state index >= 15 is 0 Å². The van der Waals surface area contributed by atoms with E-state index in [0.717, 1.165) is 13.0 Å². The van der Waals surface area contributed by atoms with Crippen LogP contribution in [0.15, 0.2) is 0 Å². The molecule has 0 spiro atoms. The molecule has 0 saturated carbocycles. The molecule has 68 valence electrons. The molecule has 0 aromatic carbocycles. The molecular formula is C9H21NO. The molecule has 2 atom stereocenters. The normalized spacial score (nSPS) is 19.4. The first-order valence-corrected chi connectivity index (χ1v) is 4.44. The van der Waals surface area contributed by atoms with Gasteiger partial charge >= 0.3 is 0 Å². The minimum absolute atomic E-state index is 0.122. The minimum atomic E-state index is -0.122. The number of rotatable bonds is 5. The van der Waals surface area contributed by atoms with E-state index in [2.05, 4.69) is 20.8 Å². The summed E-state index contributed by atoms with van der Waals surface area (Å²) < 4.78 is 5.61. The van der Waals surface area contributed by atoms with Gasteiger partial charge in [-0.15, -0.1) is 0 Å². The van der Waals surface area contributed by atoms with E-state index in [1.807, 2.05) is 6.92 Å². The monoisotopic (exact) mass is 159 g/mol. The Bertz CT molecular complexity index is 106. The van der Waals surface area contributed by atoms with E-state index in [-0.39, 0.29) is 5.60 Å². The third-order valence-electron chi connectivity index (χ3n) is 2.53. The molecule has 0 aliphatic carbocycles. The summed E-state index contributed by atoms with van der Waals surface area (Å²) in [5.41, 5.74) is 5.52. The molecule has 0 aliphatic heterocycles. The van der Waals surface area contributed by atoms with Gasteiger partial charge in [-0.1, -0.05) is 20.3 Å². The molecule has 2 N–H and O–H groups in total. The van der Waals surface area contributed by atoms with Crippen molar-refractivity contribution in [3.05, 3.63) is 0 Å². The summed E-state index contributed by atoms with van der Waals surface area (Å²) in [6.07, 6.45) is 1.12. The lowest BCUT2D eigenvalue weighted by Crippen LogP contribution is -2.43. The zero-order valence-electron chi connectivity index (χ0n) is 8.18. The van der Waals surface area contributed by atoms with Crippen molar-refractivity contribution in [1.29, 1.82) is 0 Å². The average molecular weight is 159 g/mol. The highest BCUT2D eigenvalue weighted by Gasteiger charge is 2.28. The van der Waals surface area contributed by atoms with Gasteiger partial charge in [-0.2, -0.15) is 0 Å². The SMILES string of the molecule is CCOC(C)(CN)C(C)CC. The molecule has 0 aromatic rings. The highest BCUT2D eigenvalue weighted by Crippen LogP contribution is 2.22. The first-order chi connectivity index (χ1) is 5.10. The third-order valence-corrected chi connectivity index (χ3v) is 2.53. The lowest BCUT2D eigenvalue weighted by Gasteiger charge is -2.33. The average Bonchev–Trinajstić information content (AvgIpc) is 2.03. The standard InChI is InChI=1S/C9H21NO/c1-5-8(3)9(4,7-10)11-6-2/h8H,5-7,10H2,1-4H3.